The Morgan fingerprint density at radius 3 is 2.76 bits per heavy atom. The topological polar surface area (TPSA) is 60.5 Å². The number of carbonyl (C=O) groups excluding carboxylic acids is 1. The Bertz CT molecular complexity index is 595. The van der Waals surface area contributed by atoms with Gasteiger partial charge in [-0.3, -0.25) is 9.48 Å². The van der Waals surface area contributed by atoms with E-state index in [1.807, 2.05) is 32.2 Å². The molecule has 3 heterocycles. The van der Waals surface area contributed by atoms with Crippen LogP contribution in [0.2, 0.25) is 0 Å². The number of carbonyl (C=O) groups is 1. The van der Waals surface area contributed by atoms with E-state index in [0.29, 0.717) is 25.4 Å². The van der Waals surface area contributed by atoms with Crippen LogP contribution in [0.3, 0.4) is 0 Å². The molecule has 2 aromatic heterocycles. The minimum absolute atomic E-state index is 0.0520. The van der Waals surface area contributed by atoms with Crippen LogP contribution in [0.15, 0.2) is 35.0 Å². The Kier molecular flexibility index (Phi) is 3.79. The summed E-state index contributed by atoms with van der Waals surface area (Å²) in [5, 5.41) is 4.12. The normalized spacial score (nSPS) is 22.5. The van der Waals surface area contributed by atoms with E-state index in [9.17, 15) is 4.79 Å². The van der Waals surface area contributed by atoms with Crippen LogP contribution in [0.4, 0.5) is 0 Å². The molecular formula is C15H19N3O3. The van der Waals surface area contributed by atoms with Gasteiger partial charge in [0, 0.05) is 25.5 Å². The lowest BCUT2D eigenvalue weighted by atomic mass is 10.2. The molecule has 1 aliphatic heterocycles. The third kappa shape index (κ3) is 3.16. The van der Waals surface area contributed by atoms with Crippen LogP contribution in [0.5, 0.6) is 0 Å². The van der Waals surface area contributed by atoms with E-state index in [0.717, 1.165) is 5.76 Å². The van der Waals surface area contributed by atoms with Crippen LogP contribution in [-0.4, -0.2) is 45.9 Å². The summed E-state index contributed by atoms with van der Waals surface area (Å²) in [6, 6.07) is 5.40. The van der Waals surface area contributed by atoms with Crippen molar-refractivity contribution < 1.29 is 13.9 Å². The Morgan fingerprint density at radius 2 is 2.10 bits per heavy atom. The first-order valence-electron chi connectivity index (χ1n) is 7.12. The molecule has 21 heavy (non-hydrogen) atoms. The molecule has 0 unspecified atom stereocenters. The highest BCUT2D eigenvalue weighted by Crippen LogP contribution is 2.16. The standard InChI is InChI=1S/C15H19N3O3/c1-11-8-17(9-12(2)20-11)15(19)14-5-4-13(21-14)10-18-7-3-6-16-18/h3-7,11-12H,8-10H2,1-2H3/t11-,12-/m1/s1. The molecule has 1 saturated heterocycles. The molecule has 6 heteroatoms. The highest BCUT2D eigenvalue weighted by Gasteiger charge is 2.28. The Labute approximate surface area is 123 Å². The van der Waals surface area contributed by atoms with E-state index in [2.05, 4.69) is 5.10 Å². The number of rotatable bonds is 3. The van der Waals surface area contributed by atoms with Gasteiger partial charge >= 0.3 is 0 Å². The quantitative estimate of drug-likeness (QED) is 0.864. The van der Waals surface area contributed by atoms with E-state index in [-0.39, 0.29) is 18.1 Å². The predicted molar refractivity (Wildman–Crippen MR) is 75.9 cm³/mol. The first-order valence-corrected chi connectivity index (χ1v) is 7.12. The van der Waals surface area contributed by atoms with Crippen molar-refractivity contribution in [1.82, 2.24) is 14.7 Å². The summed E-state index contributed by atoms with van der Waals surface area (Å²) in [6.07, 6.45) is 3.67. The SMILES string of the molecule is C[C@@H]1CN(C(=O)c2ccc(Cn3cccn3)o2)C[C@@H](C)O1. The minimum atomic E-state index is -0.0799. The first kappa shape index (κ1) is 13.9. The molecule has 3 rings (SSSR count). The van der Waals surface area contributed by atoms with E-state index in [4.69, 9.17) is 9.15 Å². The van der Waals surface area contributed by atoms with Gasteiger partial charge in [-0.2, -0.15) is 5.10 Å². The molecular weight excluding hydrogens is 270 g/mol. The largest absolute Gasteiger partial charge is 0.454 e. The van der Waals surface area contributed by atoms with Crippen molar-refractivity contribution in [1.29, 1.82) is 0 Å². The summed E-state index contributed by atoms with van der Waals surface area (Å²) in [7, 11) is 0. The van der Waals surface area contributed by atoms with Crippen LogP contribution >= 0.6 is 0 Å². The Morgan fingerprint density at radius 1 is 1.33 bits per heavy atom. The number of hydrogen-bond donors (Lipinski definition) is 0. The number of morpholine rings is 1. The maximum absolute atomic E-state index is 12.5. The lowest BCUT2D eigenvalue weighted by Crippen LogP contribution is -2.48. The first-order chi connectivity index (χ1) is 10.1. The smallest absolute Gasteiger partial charge is 0.289 e. The van der Waals surface area contributed by atoms with Gasteiger partial charge in [0.1, 0.15) is 5.76 Å². The lowest BCUT2D eigenvalue weighted by molar-refractivity contribution is -0.0592. The van der Waals surface area contributed by atoms with Crippen molar-refractivity contribution in [2.45, 2.75) is 32.6 Å². The molecule has 0 bridgehead atoms. The van der Waals surface area contributed by atoms with Crippen LogP contribution in [0, 0.1) is 0 Å². The molecule has 2 aromatic rings. The Hall–Kier alpha value is -2.08. The second kappa shape index (κ2) is 5.73. The number of ether oxygens (including phenoxy) is 1. The van der Waals surface area contributed by atoms with Crippen molar-refractivity contribution in [2.24, 2.45) is 0 Å². The maximum atomic E-state index is 12.5. The third-order valence-corrected chi connectivity index (χ3v) is 3.46. The van der Waals surface area contributed by atoms with Gasteiger partial charge in [0.2, 0.25) is 0 Å². The predicted octanol–water partition coefficient (Wildman–Crippen LogP) is 1.77. The molecule has 112 valence electrons. The van der Waals surface area contributed by atoms with Crippen molar-refractivity contribution in [3.8, 4) is 0 Å². The van der Waals surface area contributed by atoms with Crippen LogP contribution < -0.4 is 0 Å². The van der Waals surface area contributed by atoms with E-state index >= 15 is 0 Å². The van der Waals surface area contributed by atoms with Crippen LogP contribution in [0.1, 0.15) is 30.2 Å². The molecule has 0 saturated carbocycles. The average molecular weight is 289 g/mol. The van der Waals surface area contributed by atoms with E-state index < -0.39 is 0 Å². The van der Waals surface area contributed by atoms with E-state index in [1.54, 1.807) is 21.8 Å². The molecule has 1 fully saturated rings. The number of aromatic nitrogens is 2. The maximum Gasteiger partial charge on any atom is 0.289 e. The molecule has 0 aliphatic carbocycles. The summed E-state index contributed by atoms with van der Waals surface area (Å²) in [6.45, 7) is 5.66. The van der Waals surface area contributed by atoms with E-state index in [1.165, 1.54) is 0 Å². The molecule has 0 N–H and O–H groups in total. The summed E-state index contributed by atoms with van der Waals surface area (Å²) in [4.78, 5) is 14.2. The number of nitrogens with zero attached hydrogens (tertiary/aromatic N) is 3. The van der Waals surface area contributed by atoms with Gasteiger partial charge in [0.05, 0.1) is 18.8 Å². The van der Waals surface area contributed by atoms with Gasteiger partial charge in [0.15, 0.2) is 5.76 Å². The van der Waals surface area contributed by atoms with Gasteiger partial charge < -0.3 is 14.1 Å². The molecule has 1 aliphatic rings. The zero-order valence-corrected chi connectivity index (χ0v) is 12.2. The van der Waals surface area contributed by atoms with Crippen molar-refractivity contribution in [2.75, 3.05) is 13.1 Å². The number of furan rings is 1. The summed E-state index contributed by atoms with van der Waals surface area (Å²) in [5.41, 5.74) is 0. The third-order valence-electron chi connectivity index (χ3n) is 3.46. The summed E-state index contributed by atoms with van der Waals surface area (Å²) in [5.74, 6) is 1.01. The second-order valence-corrected chi connectivity index (χ2v) is 5.44. The van der Waals surface area contributed by atoms with Crippen LogP contribution in [-0.2, 0) is 11.3 Å². The van der Waals surface area contributed by atoms with Crippen molar-refractivity contribution in [3.63, 3.8) is 0 Å². The monoisotopic (exact) mass is 289 g/mol. The zero-order chi connectivity index (χ0) is 14.8. The van der Waals surface area contributed by atoms with Gasteiger partial charge in [-0.1, -0.05) is 0 Å². The fourth-order valence-electron chi connectivity index (χ4n) is 2.63. The van der Waals surface area contributed by atoms with Gasteiger partial charge in [-0.15, -0.1) is 0 Å². The molecule has 0 radical (unpaired) electrons. The van der Waals surface area contributed by atoms with Crippen molar-refractivity contribution >= 4 is 5.91 Å². The number of hydrogen-bond acceptors (Lipinski definition) is 4. The number of amides is 1. The summed E-state index contributed by atoms with van der Waals surface area (Å²) >= 11 is 0. The lowest BCUT2D eigenvalue weighted by Gasteiger charge is -2.34. The summed E-state index contributed by atoms with van der Waals surface area (Å²) < 4.78 is 13.0. The molecule has 6 nitrogen and oxygen atoms in total. The highest BCUT2D eigenvalue weighted by molar-refractivity contribution is 5.91. The minimum Gasteiger partial charge on any atom is -0.454 e. The van der Waals surface area contributed by atoms with Crippen LogP contribution in [0.25, 0.3) is 0 Å². The van der Waals surface area contributed by atoms with Gasteiger partial charge in [0.25, 0.3) is 5.91 Å². The highest BCUT2D eigenvalue weighted by atomic mass is 16.5. The second-order valence-electron chi connectivity index (χ2n) is 5.44. The fourth-order valence-corrected chi connectivity index (χ4v) is 2.63. The van der Waals surface area contributed by atoms with Gasteiger partial charge in [-0.25, -0.2) is 0 Å². The molecule has 0 spiro atoms. The molecule has 0 aromatic carbocycles. The average Bonchev–Trinajstić information content (AvgIpc) is 3.09. The Balaban J connectivity index is 1.69. The molecule has 2 atom stereocenters. The zero-order valence-electron chi connectivity index (χ0n) is 12.2. The van der Waals surface area contributed by atoms with Gasteiger partial charge in [-0.05, 0) is 32.0 Å². The fraction of sp³-hybridized carbons (Fsp3) is 0.467. The van der Waals surface area contributed by atoms with Crippen molar-refractivity contribution in [3.05, 3.63) is 42.1 Å². The molecule has 1 amide bonds.